The van der Waals surface area contributed by atoms with E-state index in [1.807, 2.05) is 0 Å². The SMILES string of the molecule is O=[N+]([O-])c1ccc(-c2nc3sc(-c4ccc([N+](=O)[O-])o4)nc3s2)o1. The highest BCUT2D eigenvalue weighted by molar-refractivity contribution is 7.29. The highest BCUT2D eigenvalue weighted by atomic mass is 32.1. The van der Waals surface area contributed by atoms with Gasteiger partial charge in [-0.25, -0.2) is 9.97 Å². The molecule has 0 amide bonds. The van der Waals surface area contributed by atoms with Gasteiger partial charge in [0.15, 0.2) is 31.2 Å². The van der Waals surface area contributed by atoms with Gasteiger partial charge in [0.2, 0.25) is 0 Å². The minimum Gasteiger partial charge on any atom is -0.398 e. The maximum absolute atomic E-state index is 10.6. The molecule has 0 saturated carbocycles. The van der Waals surface area contributed by atoms with Crippen molar-refractivity contribution < 1.29 is 18.7 Å². The van der Waals surface area contributed by atoms with Crippen LogP contribution in [0.1, 0.15) is 0 Å². The van der Waals surface area contributed by atoms with E-state index < -0.39 is 9.85 Å². The number of rotatable bonds is 4. The van der Waals surface area contributed by atoms with Crippen molar-refractivity contribution in [2.75, 3.05) is 0 Å². The maximum Gasteiger partial charge on any atom is 0.433 e. The zero-order valence-corrected chi connectivity index (χ0v) is 13.0. The molecule has 24 heavy (non-hydrogen) atoms. The Kier molecular flexibility index (Phi) is 3.14. The van der Waals surface area contributed by atoms with Crippen molar-refractivity contribution in [3.63, 3.8) is 0 Å². The van der Waals surface area contributed by atoms with Gasteiger partial charge in [-0.3, -0.25) is 20.2 Å². The van der Waals surface area contributed by atoms with Gasteiger partial charge in [-0.1, -0.05) is 22.7 Å². The number of nitro groups is 2. The van der Waals surface area contributed by atoms with E-state index in [9.17, 15) is 20.2 Å². The third-order valence-corrected chi connectivity index (χ3v) is 5.00. The van der Waals surface area contributed by atoms with E-state index in [1.165, 1.54) is 46.9 Å². The third kappa shape index (κ3) is 2.33. The molecule has 4 heterocycles. The summed E-state index contributed by atoms with van der Waals surface area (Å²) in [4.78, 5) is 29.9. The van der Waals surface area contributed by atoms with Gasteiger partial charge < -0.3 is 8.83 Å². The summed E-state index contributed by atoms with van der Waals surface area (Å²) >= 11 is 2.40. The number of fused-ring (bicyclic) bond motifs is 1. The van der Waals surface area contributed by atoms with Crippen molar-refractivity contribution in [2.24, 2.45) is 0 Å². The summed E-state index contributed by atoms with van der Waals surface area (Å²) in [6.45, 7) is 0. The standard InChI is InChI=1S/C12H4N4O6S2/c17-15(18)7-3-1-5(21-7)9-13-11-12(23-9)14-10(24-11)6-2-4-8(22-6)16(19)20/h1-4H. The predicted molar refractivity (Wildman–Crippen MR) is 84.0 cm³/mol. The highest BCUT2D eigenvalue weighted by Crippen LogP contribution is 2.38. The van der Waals surface area contributed by atoms with Gasteiger partial charge in [0.25, 0.3) is 0 Å². The van der Waals surface area contributed by atoms with Crippen LogP contribution in [0.15, 0.2) is 33.1 Å². The monoisotopic (exact) mass is 364 g/mol. The van der Waals surface area contributed by atoms with E-state index >= 15 is 0 Å². The zero-order valence-electron chi connectivity index (χ0n) is 11.4. The number of aromatic nitrogens is 2. The number of hydrogen-bond donors (Lipinski definition) is 0. The topological polar surface area (TPSA) is 138 Å². The Labute approximate surface area is 139 Å². The lowest BCUT2D eigenvalue weighted by atomic mass is 10.5. The summed E-state index contributed by atoms with van der Waals surface area (Å²) in [6, 6.07) is 5.45. The van der Waals surface area contributed by atoms with Crippen molar-refractivity contribution in [3.05, 3.63) is 44.5 Å². The quantitative estimate of drug-likeness (QED) is 0.390. The molecule has 0 radical (unpaired) electrons. The molecule has 0 aromatic carbocycles. The van der Waals surface area contributed by atoms with E-state index in [0.717, 1.165) is 0 Å². The Morgan fingerprint density at radius 1 is 0.792 bits per heavy atom. The minimum absolute atomic E-state index is 0.284. The molecule has 4 aromatic heterocycles. The average Bonchev–Trinajstić information content (AvgIpc) is 3.28. The van der Waals surface area contributed by atoms with Crippen LogP contribution in [0.4, 0.5) is 11.8 Å². The highest BCUT2D eigenvalue weighted by Gasteiger charge is 2.20. The number of furan rings is 2. The second-order valence-corrected chi connectivity index (χ2v) is 6.39. The molecule has 0 N–H and O–H groups in total. The first kappa shape index (κ1) is 14.5. The molecule has 0 aliphatic carbocycles. The zero-order chi connectivity index (χ0) is 16.8. The van der Waals surface area contributed by atoms with Crippen LogP contribution >= 0.6 is 22.7 Å². The number of hydrogen-bond acceptors (Lipinski definition) is 10. The molecule has 4 aromatic rings. The normalized spacial score (nSPS) is 11.2. The second kappa shape index (κ2) is 5.21. The van der Waals surface area contributed by atoms with E-state index in [4.69, 9.17) is 8.83 Å². The fraction of sp³-hybridized carbons (Fsp3) is 0. The maximum atomic E-state index is 10.6. The van der Waals surface area contributed by atoms with E-state index in [1.54, 1.807) is 0 Å². The van der Waals surface area contributed by atoms with Crippen molar-refractivity contribution in [1.82, 2.24) is 9.97 Å². The van der Waals surface area contributed by atoms with Crippen LogP contribution in [0, 0.1) is 20.2 Å². The largest absolute Gasteiger partial charge is 0.433 e. The predicted octanol–water partition coefficient (Wildman–Crippen LogP) is 4.09. The van der Waals surface area contributed by atoms with Crippen LogP contribution in [0.5, 0.6) is 0 Å². The molecule has 0 unspecified atom stereocenters. The Morgan fingerprint density at radius 2 is 1.21 bits per heavy atom. The molecule has 0 spiro atoms. The van der Waals surface area contributed by atoms with Gasteiger partial charge in [0.05, 0.1) is 12.1 Å². The molecule has 10 nitrogen and oxygen atoms in total. The molecule has 4 rings (SSSR count). The summed E-state index contributed by atoms with van der Waals surface area (Å²) < 4.78 is 10.2. The summed E-state index contributed by atoms with van der Waals surface area (Å²) in [5.74, 6) is -0.153. The molecule has 120 valence electrons. The van der Waals surface area contributed by atoms with Crippen LogP contribution in [0.2, 0.25) is 0 Å². The third-order valence-electron chi connectivity index (χ3n) is 2.94. The van der Waals surface area contributed by atoms with Crippen LogP contribution in [0.25, 0.3) is 31.2 Å². The van der Waals surface area contributed by atoms with E-state index in [0.29, 0.717) is 19.7 Å². The lowest BCUT2D eigenvalue weighted by molar-refractivity contribution is -0.402. The summed E-state index contributed by atoms with van der Waals surface area (Å²) in [5, 5.41) is 22.2. The van der Waals surface area contributed by atoms with Crippen LogP contribution in [0.3, 0.4) is 0 Å². The van der Waals surface area contributed by atoms with Crippen molar-refractivity contribution in [1.29, 1.82) is 0 Å². The average molecular weight is 364 g/mol. The fourth-order valence-corrected chi connectivity index (χ4v) is 3.90. The smallest absolute Gasteiger partial charge is 0.398 e. The van der Waals surface area contributed by atoms with Crippen molar-refractivity contribution in [3.8, 4) is 21.5 Å². The fourth-order valence-electron chi connectivity index (χ4n) is 1.93. The number of nitrogens with zero attached hydrogens (tertiary/aromatic N) is 4. The van der Waals surface area contributed by atoms with Crippen LogP contribution in [-0.4, -0.2) is 19.8 Å². The van der Waals surface area contributed by atoms with Gasteiger partial charge in [-0.2, -0.15) is 0 Å². The Morgan fingerprint density at radius 3 is 1.54 bits per heavy atom. The Balaban J connectivity index is 1.69. The van der Waals surface area contributed by atoms with Crippen molar-refractivity contribution >= 4 is 44.1 Å². The van der Waals surface area contributed by atoms with Gasteiger partial charge >= 0.3 is 11.8 Å². The minimum atomic E-state index is -0.625. The molecule has 0 aliphatic rings. The van der Waals surface area contributed by atoms with Crippen LogP contribution in [-0.2, 0) is 0 Å². The van der Waals surface area contributed by atoms with Gasteiger partial charge in [-0.15, -0.1) is 0 Å². The van der Waals surface area contributed by atoms with E-state index in [-0.39, 0.29) is 23.3 Å². The molecule has 0 aliphatic heterocycles. The summed E-state index contributed by atoms with van der Waals surface area (Å²) in [6.07, 6.45) is 0. The summed E-state index contributed by atoms with van der Waals surface area (Å²) in [7, 11) is 0. The Bertz CT molecular complexity index is 977. The molecular weight excluding hydrogens is 360 g/mol. The van der Waals surface area contributed by atoms with Crippen LogP contribution < -0.4 is 0 Å². The lowest BCUT2D eigenvalue weighted by Gasteiger charge is -1.88. The first-order valence-electron chi connectivity index (χ1n) is 6.28. The molecular formula is C12H4N4O6S2. The molecule has 0 bridgehead atoms. The molecule has 0 saturated heterocycles. The Hall–Kier alpha value is -3.12. The lowest BCUT2D eigenvalue weighted by Crippen LogP contribution is -1.82. The molecule has 0 atom stereocenters. The second-order valence-electron chi connectivity index (χ2n) is 4.44. The first-order valence-corrected chi connectivity index (χ1v) is 7.91. The number of thiazole rings is 2. The summed E-state index contributed by atoms with van der Waals surface area (Å²) in [5.41, 5.74) is 0. The van der Waals surface area contributed by atoms with E-state index in [2.05, 4.69) is 9.97 Å². The molecule has 0 fully saturated rings. The van der Waals surface area contributed by atoms with Gasteiger partial charge in [0.1, 0.15) is 9.85 Å². The van der Waals surface area contributed by atoms with Gasteiger partial charge in [0, 0.05) is 0 Å². The van der Waals surface area contributed by atoms with Crippen molar-refractivity contribution in [2.45, 2.75) is 0 Å². The first-order chi connectivity index (χ1) is 11.5. The van der Waals surface area contributed by atoms with Gasteiger partial charge in [-0.05, 0) is 12.1 Å². The molecule has 12 heteroatoms.